The molecule has 1 saturated heterocycles. The Hall–Kier alpha value is -1.57. The van der Waals surface area contributed by atoms with Crippen molar-refractivity contribution >= 4 is 5.91 Å². The van der Waals surface area contributed by atoms with Crippen LogP contribution in [0.3, 0.4) is 0 Å². The maximum atomic E-state index is 12.6. The van der Waals surface area contributed by atoms with Gasteiger partial charge in [-0.15, -0.1) is 0 Å². The second kappa shape index (κ2) is 3.96. The third kappa shape index (κ3) is 1.66. The molecule has 2 fully saturated rings. The largest absolute Gasteiger partial charge is 0.338 e. The second-order valence-electron chi connectivity index (χ2n) is 6.35. The van der Waals surface area contributed by atoms with Gasteiger partial charge in [0.05, 0.1) is 0 Å². The zero-order chi connectivity index (χ0) is 13.0. The van der Waals surface area contributed by atoms with Crippen LogP contribution in [0, 0.1) is 30.6 Å². The van der Waals surface area contributed by atoms with Crippen LogP contribution >= 0.6 is 0 Å². The predicted octanol–water partition coefficient (Wildman–Crippen LogP) is 2.78. The molecule has 4 atom stereocenters. The highest BCUT2D eigenvalue weighted by molar-refractivity contribution is 5.83. The molecule has 0 radical (unpaired) electrons. The molecule has 1 aliphatic heterocycles. The summed E-state index contributed by atoms with van der Waals surface area (Å²) in [6, 6.07) is 8.50. The van der Waals surface area contributed by atoms with E-state index >= 15 is 0 Å². The predicted molar refractivity (Wildman–Crippen MR) is 74.3 cm³/mol. The van der Waals surface area contributed by atoms with Crippen LogP contribution in [-0.4, -0.2) is 17.4 Å². The SMILES string of the molecule is Cc1cccc(CN2CC3C4C=CC(C4)C3C2=O)c1. The minimum atomic E-state index is 0.291. The van der Waals surface area contributed by atoms with E-state index in [2.05, 4.69) is 48.2 Å². The fraction of sp³-hybridized carbons (Fsp3) is 0.471. The van der Waals surface area contributed by atoms with Crippen molar-refractivity contribution in [2.75, 3.05) is 6.54 Å². The van der Waals surface area contributed by atoms with E-state index in [0.717, 1.165) is 13.1 Å². The molecule has 2 bridgehead atoms. The summed E-state index contributed by atoms with van der Waals surface area (Å²) in [6.07, 6.45) is 5.84. The molecule has 98 valence electrons. The van der Waals surface area contributed by atoms with Gasteiger partial charge in [-0.1, -0.05) is 42.0 Å². The van der Waals surface area contributed by atoms with E-state index in [4.69, 9.17) is 0 Å². The fourth-order valence-electron chi connectivity index (χ4n) is 4.27. The molecule has 0 spiro atoms. The average Bonchev–Trinajstić information content (AvgIpc) is 3.04. The van der Waals surface area contributed by atoms with Crippen LogP contribution in [0.15, 0.2) is 36.4 Å². The first-order valence-electron chi connectivity index (χ1n) is 7.25. The summed E-state index contributed by atoms with van der Waals surface area (Å²) in [5, 5.41) is 0. The fourth-order valence-corrected chi connectivity index (χ4v) is 4.27. The molecular weight excluding hydrogens is 234 g/mol. The number of carbonyl (C=O) groups is 1. The summed E-state index contributed by atoms with van der Waals surface area (Å²) in [5.74, 6) is 2.47. The molecule has 2 heteroatoms. The van der Waals surface area contributed by atoms with Gasteiger partial charge >= 0.3 is 0 Å². The number of aryl methyl sites for hydroxylation is 1. The van der Waals surface area contributed by atoms with Crippen LogP contribution in [0.4, 0.5) is 0 Å². The Balaban J connectivity index is 1.54. The molecule has 3 aliphatic rings. The van der Waals surface area contributed by atoms with Gasteiger partial charge in [-0.05, 0) is 36.7 Å². The molecule has 4 unspecified atom stereocenters. The number of rotatable bonds is 2. The quantitative estimate of drug-likeness (QED) is 0.742. The molecule has 1 amide bonds. The normalized spacial score (nSPS) is 35.2. The minimum Gasteiger partial charge on any atom is -0.338 e. The summed E-state index contributed by atoms with van der Waals surface area (Å²) < 4.78 is 0. The maximum Gasteiger partial charge on any atom is 0.226 e. The monoisotopic (exact) mass is 253 g/mol. The van der Waals surface area contributed by atoms with E-state index in [1.54, 1.807) is 0 Å². The van der Waals surface area contributed by atoms with Gasteiger partial charge in [0, 0.05) is 19.0 Å². The van der Waals surface area contributed by atoms with Crippen LogP contribution in [0.2, 0.25) is 0 Å². The number of carbonyl (C=O) groups excluding carboxylic acids is 1. The summed E-state index contributed by atoms with van der Waals surface area (Å²) in [6.45, 7) is 3.85. The van der Waals surface area contributed by atoms with Gasteiger partial charge < -0.3 is 4.90 Å². The van der Waals surface area contributed by atoms with Crippen LogP contribution in [0.5, 0.6) is 0 Å². The van der Waals surface area contributed by atoms with Crippen molar-refractivity contribution in [1.82, 2.24) is 4.90 Å². The van der Waals surface area contributed by atoms with Crippen molar-refractivity contribution in [3.63, 3.8) is 0 Å². The number of nitrogens with zero attached hydrogens (tertiary/aromatic N) is 1. The van der Waals surface area contributed by atoms with Crippen molar-refractivity contribution < 1.29 is 4.79 Å². The Morgan fingerprint density at radius 2 is 2.11 bits per heavy atom. The van der Waals surface area contributed by atoms with Crippen LogP contribution in [0.1, 0.15) is 17.5 Å². The zero-order valence-electron chi connectivity index (χ0n) is 11.3. The van der Waals surface area contributed by atoms with Gasteiger partial charge in [0.25, 0.3) is 0 Å². The van der Waals surface area contributed by atoms with E-state index in [-0.39, 0.29) is 0 Å². The number of fused-ring (bicyclic) bond motifs is 5. The molecule has 1 heterocycles. The third-order valence-corrected chi connectivity index (χ3v) is 5.11. The molecule has 1 saturated carbocycles. The van der Waals surface area contributed by atoms with E-state index in [0.29, 0.717) is 29.6 Å². The van der Waals surface area contributed by atoms with Gasteiger partial charge in [0.2, 0.25) is 5.91 Å². The second-order valence-corrected chi connectivity index (χ2v) is 6.35. The number of likely N-dealkylation sites (tertiary alicyclic amines) is 1. The topological polar surface area (TPSA) is 20.3 Å². The molecule has 0 aromatic heterocycles. The Morgan fingerprint density at radius 1 is 1.26 bits per heavy atom. The Labute approximate surface area is 114 Å². The van der Waals surface area contributed by atoms with Crippen molar-refractivity contribution in [1.29, 1.82) is 0 Å². The maximum absolute atomic E-state index is 12.6. The van der Waals surface area contributed by atoms with Crippen LogP contribution < -0.4 is 0 Å². The smallest absolute Gasteiger partial charge is 0.226 e. The first-order chi connectivity index (χ1) is 9.22. The average molecular weight is 253 g/mol. The number of benzene rings is 1. The van der Waals surface area contributed by atoms with E-state index < -0.39 is 0 Å². The van der Waals surface area contributed by atoms with Crippen molar-refractivity contribution in [2.24, 2.45) is 23.7 Å². The van der Waals surface area contributed by atoms with Crippen LogP contribution in [0.25, 0.3) is 0 Å². The lowest BCUT2D eigenvalue weighted by molar-refractivity contribution is -0.132. The lowest BCUT2D eigenvalue weighted by Gasteiger charge is -2.19. The summed E-state index contributed by atoms with van der Waals surface area (Å²) in [4.78, 5) is 14.6. The Morgan fingerprint density at radius 3 is 2.89 bits per heavy atom. The molecule has 1 aromatic rings. The molecule has 1 aromatic carbocycles. The first kappa shape index (κ1) is 11.3. The van der Waals surface area contributed by atoms with Gasteiger partial charge in [-0.3, -0.25) is 4.79 Å². The Kier molecular flexibility index (Phi) is 2.35. The molecule has 19 heavy (non-hydrogen) atoms. The lowest BCUT2D eigenvalue weighted by Crippen LogP contribution is -2.28. The number of hydrogen-bond donors (Lipinski definition) is 0. The highest BCUT2D eigenvalue weighted by Crippen LogP contribution is 2.52. The minimum absolute atomic E-state index is 0.291. The van der Waals surface area contributed by atoms with Gasteiger partial charge in [-0.25, -0.2) is 0 Å². The summed E-state index contributed by atoms with van der Waals surface area (Å²) in [5.41, 5.74) is 2.53. The number of hydrogen-bond acceptors (Lipinski definition) is 1. The molecule has 2 aliphatic carbocycles. The number of amides is 1. The highest BCUT2D eigenvalue weighted by Gasteiger charge is 2.53. The molecule has 2 nitrogen and oxygen atoms in total. The molecule has 4 rings (SSSR count). The summed E-state index contributed by atoms with van der Waals surface area (Å²) >= 11 is 0. The highest BCUT2D eigenvalue weighted by atomic mass is 16.2. The van der Waals surface area contributed by atoms with E-state index in [1.807, 2.05) is 0 Å². The molecule has 0 N–H and O–H groups in total. The Bertz CT molecular complexity index is 562. The van der Waals surface area contributed by atoms with E-state index in [9.17, 15) is 4.79 Å². The van der Waals surface area contributed by atoms with Crippen LogP contribution in [-0.2, 0) is 11.3 Å². The van der Waals surface area contributed by atoms with Gasteiger partial charge in [-0.2, -0.15) is 0 Å². The molecular formula is C17H19NO. The summed E-state index contributed by atoms with van der Waals surface area (Å²) in [7, 11) is 0. The van der Waals surface area contributed by atoms with Gasteiger partial charge in [0.15, 0.2) is 0 Å². The van der Waals surface area contributed by atoms with Crippen molar-refractivity contribution in [2.45, 2.75) is 19.9 Å². The third-order valence-electron chi connectivity index (χ3n) is 5.11. The van der Waals surface area contributed by atoms with Gasteiger partial charge in [0.1, 0.15) is 0 Å². The standard InChI is InChI=1S/C17H19NO/c1-11-3-2-4-12(7-11)9-18-10-15-13-5-6-14(8-13)16(15)17(18)19/h2-7,13-16H,8-10H2,1H3. The van der Waals surface area contributed by atoms with Crippen molar-refractivity contribution in [3.05, 3.63) is 47.5 Å². The van der Waals surface area contributed by atoms with Crippen molar-refractivity contribution in [3.8, 4) is 0 Å². The van der Waals surface area contributed by atoms with E-state index in [1.165, 1.54) is 17.5 Å². The first-order valence-corrected chi connectivity index (χ1v) is 7.25. The zero-order valence-corrected chi connectivity index (χ0v) is 11.3. The lowest BCUT2D eigenvalue weighted by atomic mass is 9.86. The number of allylic oxidation sites excluding steroid dienone is 2.